The maximum absolute atomic E-state index is 13.6. The Morgan fingerprint density at radius 1 is 0.879 bits per heavy atom. The van der Waals surface area contributed by atoms with Crippen LogP contribution in [0.4, 0.5) is 49.1 Å². The molecule has 8 nitrogen and oxygen atoms in total. The fourth-order valence-electron chi connectivity index (χ4n) is 2.97. The van der Waals surface area contributed by atoms with Crippen LogP contribution in [0.15, 0.2) is 46.9 Å². The van der Waals surface area contributed by atoms with E-state index >= 15 is 0 Å². The molecule has 1 N–H and O–H groups in total. The second-order valence-electron chi connectivity index (χ2n) is 6.37. The smallest absolute Gasteiger partial charge is 0.405 e. The molecule has 0 spiro atoms. The Labute approximate surface area is 187 Å². The summed E-state index contributed by atoms with van der Waals surface area (Å²) in [6.45, 7) is 0. The van der Waals surface area contributed by atoms with Crippen molar-refractivity contribution in [2.24, 2.45) is 0 Å². The van der Waals surface area contributed by atoms with E-state index in [-0.39, 0.29) is 22.5 Å². The van der Waals surface area contributed by atoms with Gasteiger partial charge in [-0.15, -0.1) is 13.2 Å². The van der Waals surface area contributed by atoms with E-state index in [9.17, 15) is 46.6 Å². The Kier molecular flexibility index (Phi) is 6.10. The van der Waals surface area contributed by atoms with E-state index in [1.54, 1.807) is 0 Å². The topological polar surface area (TPSA) is 108 Å². The summed E-state index contributed by atoms with van der Waals surface area (Å²) in [7, 11) is 0. The molecule has 0 heterocycles. The third kappa shape index (κ3) is 5.24. The average molecular weight is 540 g/mol. The molecule has 0 fully saturated rings. The number of nitro groups is 2. The summed E-state index contributed by atoms with van der Waals surface area (Å²) in [5.41, 5.74) is -5.49. The highest BCUT2D eigenvalue weighted by Crippen LogP contribution is 2.45. The maximum Gasteiger partial charge on any atom is 0.573 e. The maximum atomic E-state index is 13.6. The number of nitrogens with one attached hydrogen (secondary N) is 1. The van der Waals surface area contributed by atoms with Crippen molar-refractivity contribution >= 4 is 49.5 Å². The largest absolute Gasteiger partial charge is 0.573 e. The van der Waals surface area contributed by atoms with Crippen molar-refractivity contribution in [1.82, 2.24) is 0 Å². The number of nitrogens with zero attached hydrogens (tertiary/aromatic N) is 2. The summed E-state index contributed by atoms with van der Waals surface area (Å²) in [6.07, 6.45) is -10.3. The molecule has 0 unspecified atom stereocenters. The normalized spacial score (nSPS) is 12.0. The molecule has 0 atom stereocenters. The second kappa shape index (κ2) is 8.38. The molecule has 33 heavy (non-hydrogen) atoms. The lowest BCUT2D eigenvalue weighted by Gasteiger charge is -2.18. The Morgan fingerprint density at radius 3 is 2.09 bits per heavy atom. The van der Waals surface area contributed by atoms with Crippen molar-refractivity contribution in [3.8, 4) is 5.75 Å². The van der Waals surface area contributed by atoms with Crippen LogP contribution in [0.25, 0.3) is 10.8 Å². The number of fused-ring (bicyclic) bond motifs is 1. The summed E-state index contributed by atoms with van der Waals surface area (Å²) in [5.74, 6) is -0.662. The highest BCUT2D eigenvalue weighted by molar-refractivity contribution is 9.10. The van der Waals surface area contributed by atoms with E-state index in [1.165, 1.54) is 18.2 Å². The van der Waals surface area contributed by atoms with Gasteiger partial charge in [-0.3, -0.25) is 20.2 Å². The van der Waals surface area contributed by atoms with Crippen molar-refractivity contribution in [3.05, 3.63) is 72.7 Å². The summed E-state index contributed by atoms with van der Waals surface area (Å²) < 4.78 is 83.3. The number of ether oxygens (including phenoxy) is 1. The van der Waals surface area contributed by atoms with Crippen LogP contribution in [0.2, 0.25) is 0 Å². The van der Waals surface area contributed by atoms with E-state index in [0.717, 1.165) is 12.1 Å². The first kappa shape index (κ1) is 24.0. The minimum Gasteiger partial charge on any atom is -0.405 e. The number of hydrogen-bond acceptors (Lipinski definition) is 6. The van der Waals surface area contributed by atoms with Crippen molar-refractivity contribution in [2.75, 3.05) is 5.32 Å². The number of nitro benzene ring substituents is 2. The number of halogens is 7. The number of benzene rings is 3. The van der Waals surface area contributed by atoms with Crippen LogP contribution < -0.4 is 10.1 Å². The number of anilines is 2. The minimum absolute atomic E-state index is 0.0769. The molecule has 0 saturated heterocycles. The van der Waals surface area contributed by atoms with Crippen LogP contribution in [-0.2, 0) is 6.18 Å². The molecule has 0 radical (unpaired) electrons. The number of rotatable bonds is 5. The first-order valence-corrected chi connectivity index (χ1v) is 9.26. The molecule has 0 aliphatic rings. The van der Waals surface area contributed by atoms with Crippen LogP contribution in [0, 0.1) is 20.2 Å². The molecular weight excluding hydrogens is 532 g/mol. The fraction of sp³-hybridized carbons (Fsp3) is 0.111. The van der Waals surface area contributed by atoms with Gasteiger partial charge >= 0.3 is 12.5 Å². The van der Waals surface area contributed by atoms with E-state index in [4.69, 9.17) is 0 Å². The molecule has 3 rings (SSSR count). The van der Waals surface area contributed by atoms with Crippen molar-refractivity contribution in [3.63, 3.8) is 0 Å². The van der Waals surface area contributed by atoms with E-state index in [2.05, 4.69) is 26.0 Å². The van der Waals surface area contributed by atoms with Crippen molar-refractivity contribution in [2.45, 2.75) is 12.5 Å². The Morgan fingerprint density at radius 2 is 1.55 bits per heavy atom. The number of non-ortho nitro benzene ring substituents is 1. The van der Waals surface area contributed by atoms with E-state index in [0.29, 0.717) is 10.5 Å². The molecular formula is C18H8BrF6N3O5. The van der Waals surface area contributed by atoms with Gasteiger partial charge in [-0.25, -0.2) is 0 Å². The molecule has 174 valence electrons. The number of alkyl halides is 6. The molecule has 0 saturated carbocycles. The second-order valence-corrected chi connectivity index (χ2v) is 7.29. The molecule has 3 aromatic rings. The van der Waals surface area contributed by atoms with Gasteiger partial charge in [0, 0.05) is 27.0 Å². The van der Waals surface area contributed by atoms with Crippen molar-refractivity contribution < 1.29 is 40.9 Å². The zero-order valence-corrected chi connectivity index (χ0v) is 17.2. The van der Waals surface area contributed by atoms with Gasteiger partial charge in [0.15, 0.2) is 0 Å². The lowest BCUT2D eigenvalue weighted by Crippen LogP contribution is -2.17. The van der Waals surface area contributed by atoms with Gasteiger partial charge < -0.3 is 10.1 Å². The van der Waals surface area contributed by atoms with Crippen LogP contribution in [-0.4, -0.2) is 16.2 Å². The first-order valence-electron chi connectivity index (χ1n) is 8.46. The first-order chi connectivity index (χ1) is 15.2. The van der Waals surface area contributed by atoms with Gasteiger partial charge in [-0.1, -0.05) is 15.9 Å². The highest BCUT2D eigenvalue weighted by atomic mass is 79.9. The molecule has 0 aliphatic heterocycles. The zero-order chi connectivity index (χ0) is 24.7. The lowest BCUT2D eigenvalue weighted by molar-refractivity contribution is -0.394. The van der Waals surface area contributed by atoms with Crippen molar-refractivity contribution in [1.29, 1.82) is 0 Å². The summed E-state index contributed by atoms with van der Waals surface area (Å²) in [4.78, 5) is 19.9. The Balaban J connectivity index is 2.28. The molecule has 15 heteroatoms. The molecule has 0 aromatic heterocycles. The quantitative estimate of drug-likeness (QED) is 0.211. The van der Waals surface area contributed by atoms with Gasteiger partial charge in [0.2, 0.25) is 0 Å². The van der Waals surface area contributed by atoms with Gasteiger partial charge in [0.1, 0.15) is 11.4 Å². The predicted octanol–water partition coefficient (Wildman–Crippen LogP) is 7.08. The Hall–Kier alpha value is -3.62. The fourth-order valence-corrected chi connectivity index (χ4v) is 3.33. The van der Waals surface area contributed by atoms with E-state index < -0.39 is 50.8 Å². The third-order valence-electron chi connectivity index (χ3n) is 4.24. The summed E-state index contributed by atoms with van der Waals surface area (Å²) >= 11 is 3.09. The summed E-state index contributed by atoms with van der Waals surface area (Å²) in [6, 6.07) is 6.01. The third-order valence-corrected chi connectivity index (χ3v) is 4.73. The van der Waals surface area contributed by atoms with Crippen LogP contribution in [0.3, 0.4) is 0 Å². The lowest BCUT2D eigenvalue weighted by atomic mass is 10.1. The number of hydrogen-bond donors (Lipinski definition) is 1. The van der Waals surface area contributed by atoms with E-state index in [1.807, 2.05) is 0 Å². The van der Waals surface area contributed by atoms with Crippen LogP contribution in [0.1, 0.15) is 5.56 Å². The van der Waals surface area contributed by atoms with Gasteiger partial charge in [0.25, 0.3) is 11.4 Å². The van der Waals surface area contributed by atoms with Crippen LogP contribution in [0.5, 0.6) is 5.75 Å². The van der Waals surface area contributed by atoms with Gasteiger partial charge in [0.05, 0.1) is 21.5 Å². The van der Waals surface area contributed by atoms with Crippen LogP contribution >= 0.6 is 15.9 Å². The highest BCUT2D eigenvalue weighted by Gasteiger charge is 2.40. The summed E-state index contributed by atoms with van der Waals surface area (Å²) in [5, 5.41) is 24.4. The SMILES string of the molecule is O=[N+]([O-])c1cc([N+](=O)[O-])c(Nc2ccc(OC(F)(F)F)c3ccc(Br)cc23)c(C(F)(F)F)c1. The monoisotopic (exact) mass is 539 g/mol. The molecule has 0 amide bonds. The predicted molar refractivity (Wildman–Crippen MR) is 106 cm³/mol. The minimum atomic E-state index is -5.24. The molecule has 3 aromatic carbocycles. The average Bonchev–Trinajstić information content (AvgIpc) is 2.67. The van der Waals surface area contributed by atoms with Gasteiger partial charge in [-0.2, -0.15) is 13.2 Å². The van der Waals surface area contributed by atoms with Gasteiger partial charge in [-0.05, 0) is 30.3 Å². The Bertz CT molecular complexity index is 1280. The standard InChI is InChI=1S/C18H8BrF6N3O5/c19-8-1-2-10-11(5-8)13(3-4-15(10)33-18(23,24)25)26-16-12(17(20,21)22)6-9(27(29)30)7-14(16)28(31)32/h1-7,26H. The molecule has 0 aliphatic carbocycles. The molecule has 0 bridgehead atoms. The zero-order valence-electron chi connectivity index (χ0n) is 15.6.